The van der Waals surface area contributed by atoms with Gasteiger partial charge in [-0.05, 0) is 38.7 Å². The minimum absolute atomic E-state index is 0.0824. The van der Waals surface area contributed by atoms with E-state index in [1.165, 1.54) is 5.56 Å². The van der Waals surface area contributed by atoms with E-state index in [9.17, 15) is 9.59 Å². The van der Waals surface area contributed by atoms with Crippen LogP contribution in [-0.2, 0) is 27.3 Å². The van der Waals surface area contributed by atoms with E-state index >= 15 is 0 Å². The van der Waals surface area contributed by atoms with Crippen molar-refractivity contribution in [1.82, 2.24) is 20.0 Å². The second-order valence-corrected chi connectivity index (χ2v) is 8.62. The van der Waals surface area contributed by atoms with Crippen LogP contribution in [0.2, 0.25) is 0 Å². The van der Waals surface area contributed by atoms with Crippen LogP contribution >= 0.6 is 0 Å². The average molecular weight is 389 g/mol. The largest absolute Gasteiger partial charge is 0.369 e. The zero-order chi connectivity index (χ0) is 20.1. The van der Waals surface area contributed by atoms with Crippen molar-refractivity contribution < 1.29 is 14.3 Å². The molecular formula is C21H32N4O3. The number of hydrogen-bond donors (Lipinski definition) is 1. The van der Waals surface area contributed by atoms with Crippen LogP contribution in [0.15, 0.2) is 0 Å². The summed E-state index contributed by atoms with van der Waals surface area (Å²) in [7, 11) is 0. The van der Waals surface area contributed by atoms with Crippen molar-refractivity contribution in [2.24, 2.45) is 11.8 Å². The fraction of sp³-hybridized carbons (Fsp3) is 0.762. The van der Waals surface area contributed by atoms with E-state index in [1.54, 1.807) is 0 Å². The Morgan fingerprint density at radius 2 is 2.11 bits per heavy atom. The van der Waals surface area contributed by atoms with Crippen LogP contribution in [0.1, 0.15) is 50.1 Å². The van der Waals surface area contributed by atoms with Crippen molar-refractivity contribution in [2.75, 3.05) is 19.6 Å². The highest BCUT2D eigenvalue weighted by Crippen LogP contribution is 2.54. The van der Waals surface area contributed by atoms with Crippen molar-refractivity contribution >= 4 is 11.8 Å². The maximum Gasteiger partial charge on any atom is 0.244 e. The van der Waals surface area contributed by atoms with Crippen molar-refractivity contribution in [3.05, 3.63) is 17.0 Å². The molecule has 0 aromatic carbocycles. The molecule has 1 spiro atoms. The summed E-state index contributed by atoms with van der Waals surface area (Å²) in [6.07, 6.45) is 3.71. The summed E-state index contributed by atoms with van der Waals surface area (Å²) in [6, 6.07) is 0. The molecule has 3 saturated heterocycles. The molecule has 3 aliphatic heterocycles. The van der Waals surface area contributed by atoms with Gasteiger partial charge in [0.2, 0.25) is 11.8 Å². The lowest BCUT2D eigenvalue weighted by molar-refractivity contribution is -0.132. The van der Waals surface area contributed by atoms with Gasteiger partial charge >= 0.3 is 0 Å². The number of likely N-dealkylation sites (tertiary alicyclic amines) is 1. The van der Waals surface area contributed by atoms with Gasteiger partial charge < -0.3 is 15.0 Å². The van der Waals surface area contributed by atoms with Crippen LogP contribution in [0, 0.1) is 25.7 Å². The molecule has 2 amide bonds. The standard InChI is InChI=1S/C21H32N4O3/c1-5-15-13(3)23-25(14(15)4)11-20(27)24-10-17-16(9-22-19(26)6-2)18-7-8-21(17,12-24)28-18/h16-18H,5-12H2,1-4H3,(H,22,26)/t16-,17+,18+,21+/m0/s1. The van der Waals surface area contributed by atoms with Gasteiger partial charge in [-0.2, -0.15) is 5.10 Å². The highest BCUT2D eigenvalue weighted by atomic mass is 16.5. The first-order chi connectivity index (χ1) is 13.4. The molecule has 0 unspecified atom stereocenters. The fourth-order valence-corrected chi connectivity index (χ4v) is 5.64. The molecule has 4 atom stereocenters. The molecule has 154 valence electrons. The first kappa shape index (κ1) is 19.4. The summed E-state index contributed by atoms with van der Waals surface area (Å²) < 4.78 is 8.24. The summed E-state index contributed by atoms with van der Waals surface area (Å²) in [5.74, 6) is 0.820. The summed E-state index contributed by atoms with van der Waals surface area (Å²) >= 11 is 0. The minimum Gasteiger partial charge on any atom is -0.369 e. The van der Waals surface area contributed by atoms with E-state index in [4.69, 9.17) is 4.74 Å². The number of aryl methyl sites for hydroxylation is 1. The molecule has 1 aromatic heterocycles. The number of carbonyl (C=O) groups excluding carboxylic acids is 2. The average Bonchev–Trinajstić information content (AvgIpc) is 3.39. The maximum absolute atomic E-state index is 13.0. The predicted molar refractivity (Wildman–Crippen MR) is 105 cm³/mol. The first-order valence-corrected chi connectivity index (χ1v) is 10.6. The molecular weight excluding hydrogens is 356 g/mol. The zero-order valence-electron chi connectivity index (χ0n) is 17.5. The molecule has 3 aliphatic rings. The number of rotatable bonds is 6. The van der Waals surface area contributed by atoms with Gasteiger partial charge in [-0.15, -0.1) is 0 Å². The number of carbonyl (C=O) groups is 2. The van der Waals surface area contributed by atoms with Crippen LogP contribution in [0.5, 0.6) is 0 Å². The van der Waals surface area contributed by atoms with Crippen LogP contribution in [0.25, 0.3) is 0 Å². The smallest absolute Gasteiger partial charge is 0.244 e. The monoisotopic (exact) mass is 388 g/mol. The number of fused-ring (bicyclic) bond motifs is 1. The van der Waals surface area contributed by atoms with Crippen molar-refractivity contribution in [2.45, 2.75) is 71.6 Å². The van der Waals surface area contributed by atoms with Gasteiger partial charge in [-0.1, -0.05) is 13.8 Å². The second kappa shape index (κ2) is 7.17. The van der Waals surface area contributed by atoms with Gasteiger partial charge in [0.15, 0.2) is 0 Å². The fourth-order valence-electron chi connectivity index (χ4n) is 5.64. The molecule has 1 N–H and O–H groups in total. The Kier molecular flexibility index (Phi) is 4.98. The van der Waals surface area contributed by atoms with E-state index < -0.39 is 0 Å². The lowest BCUT2D eigenvalue weighted by Crippen LogP contribution is -2.41. The summed E-state index contributed by atoms with van der Waals surface area (Å²) in [6.45, 7) is 10.4. The third kappa shape index (κ3) is 3.04. The summed E-state index contributed by atoms with van der Waals surface area (Å²) in [4.78, 5) is 26.7. The molecule has 0 aliphatic carbocycles. The highest BCUT2D eigenvalue weighted by Gasteiger charge is 2.63. The van der Waals surface area contributed by atoms with Crippen LogP contribution in [0.3, 0.4) is 0 Å². The Morgan fingerprint density at radius 3 is 2.79 bits per heavy atom. The van der Waals surface area contributed by atoms with E-state index in [2.05, 4.69) is 17.3 Å². The summed E-state index contributed by atoms with van der Waals surface area (Å²) in [5.41, 5.74) is 3.13. The van der Waals surface area contributed by atoms with Gasteiger partial charge in [0.1, 0.15) is 6.54 Å². The zero-order valence-corrected chi connectivity index (χ0v) is 17.5. The van der Waals surface area contributed by atoms with Crippen molar-refractivity contribution in [3.8, 4) is 0 Å². The van der Waals surface area contributed by atoms with Gasteiger partial charge in [0.25, 0.3) is 0 Å². The third-order valence-corrected chi connectivity index (χ3v) is 7.16. The second-order valence-electron chi connectivity index (χ2n) is 8.62. The molecule has 3 fully saturated rings. The van der Waals surface area contributed by atoms with Crippen molar-refractivity contribution in [3.63, 3.8) is 0 Å². The van der Waals surface area contributed by atoms with E-state index in [0.29, 0.717) is 31.3 Å². The molecule has 1 aromatic rings. The van der Waals surface area contributed by atoms with Gasteiger partial charge in [0, 0.05) is 37.0 Å². The number of hydrogen-bond acceptors (Lipinski definition) is 4. The first-order valence-electron chi connectivity index (χ1n) is 10.6. The van der Waals surface area contributed by atoms with Crippen molar-refractivity contribution in [1.29, 1.82) is 0 Å². The van der Waals surface area contributed by atoms with Crippen LogP contribution in [0.4, 0.5) is 0 Å². The Morgan fingerprint density at radius 1 is 1.32 bits per heavy atom. The molecule has 0 radical (unpaired) electrons. The maximum atomic E-state index is 13.0. The van der Waals surface area contributed by atoms with Crippen LogP contribution in [-0.4, -0.2) is 57.8 Å². The van der Waals surface area contributed by atoms with E-state index in [-0.39, 0.29) is 30.1 Å². The van der Waals surface area contributed by atoms with Gasteiger partial charge in [0.05, 0.1) is 23.9 Å². The lowest BCUT2D eigenvalue weighted by Gasteiger charge is -2.29. The topological polar surface area (TPSA) is 76.5 Å². The minimum atomic E-state index is -0.203. The predicted octanol–water partition coefficient (Wildman–Crippen LogP) is 1.59. The molecule has 28 heavy (non-hydrogen) atoms. The quantitative estimate of drug-likeness (QED) is 0.803. The van der Waals surface area contributed by atoms with E-state index in [0.717, 1.165) is 37.2 Å². The molecule has 2 bridgehead atoms. The SMILES string of the molecule is CCC(=O)NC[C@H]1[C@H]2CN(C(=O)Cn3nc(C)c(CC)c3C)C[C@]23CC[C@H]1O3. The lowest BCUT2D eigenvalue weighted by atomic mass is 9.73. The molecule has 4 heterocycles. The number of amides is 2. The van der Waals surface area contributed by atoms with E-state index in [1.807, 2.05) is 30.4 Å². The Labute approximate surface area is 166 Å². The summed E-state index contributed by atoms with van der Waals surface area (Å²) in [5, 5.41) is 7.61. The number of nitrogens with zero attached hydrogens (tertiary/aromatic N) is 3. The number of ether oxygens (including phenoxy) is 1. The normalized spacial score (nSPS) is 30.7. The number of nitrogens with one attached hydrogen (secondary N) is 1. The molecule has 0 saturated carbocycles. The molecule has 4 rings (SSSR count). The van der Waals surface area contributed by atoms with Crippen LogP contribution < -0.4 is 5.32 Å². The molecule has 7 nitrogen and oxygen atoms in total. The third-order valence-electron chi connectivity index (χ3n) is 7.16. The Bertz CT molecular complexity index is 789. The number of aromatic nitrogens is 2. The van der Waals surface area contributed by atoms with Gasteiger partial charge in [-0.3, -0.25) is 14.3 Å². The molecule has 7 heteroatoms. The Hall–Kier alpha value is -1.89. The Balaban J connectivity index is 1.44. The van der Waals surface area contributed by atoms with Gasteiger partial charge in [-0.25, -0.2) is 0 Å². The highest BCUT2D eigenvalue weighted by molar-refractivity contribution is 5.77.